The van der Waals surface area contributed by atoms with Crippen molar-refractivity contribution >= 4 is 5.91 Å². The number of likely N-dealkylation sites (tertiary alicyclic amines) is 1. The van der Waals surface area contributed by atoms with Gasteiger partial charge in [0, 0.05) is 51.4 Å². The van der Waals surface area contributed by atoms with Gasteiger partial charge in [0.25, 0.3) is 0 Å². The number of hydrogen-bond acceptors (Lipinski definition) is 4. The second kappa shape index (κ2) is 7.75. The van der Waals surface area contributed by atoms with Gasteiger partial charge in [-0.25, -0.2) is 0 Å². The maximum Gasteiger partial charge on any atom is 0.237 e. The molecule has 2 saturated heterocycles. The minimum absolute atomic E-state index is 0.0230. The van der Waals surface area contributed by atoms with E-state index in [1.165, 1.54) is 38.5 Å². The van der Waals surface area contributed by atoms with Gasteiger partial charge in [0.1, 0.15) is 0 Å². The van der Waals surface area contributed by atoms with Gasteiger partial charge in [0.15, 0.2) is 0 Å². The topological polar surface area (TPSA) is 47.6 Å². The maximum atomic E-state index is 12.5. The number of nitrogens with zero attached hydrogens (tertiary/aromatic N) is 2. The fourth-order valence-electron chi connectivity index (χ4n) is 4.20. The Hall–Kier alpha value is -0.650. The largest absolute Gasteiger partial charge is 0.352 e. The zero-order chi connectivity index (χ0) is 15.4. The lowest BCUT2D eigenvalue weighted by atomic mass is 9.95. The molecular weight excluding hydrogens is 276 g/mol. The van der Waals surface area contributed by atoms with Crippen molar-refractivity contribution in [2.75, 3.05) is 39.3 Å². The van der Waals surface area contributed by atoms with Gasteiger partial charge in [-0.15, -0.1) is 0 Å². The van der Waals surface area contributed by atoms with E-state index in [0.29, 0.717) is 12.1 Å². The van der Waals surface area contributed by atoms with Crippen LogP contribution in [0.3, 0.4) is 0 Å². The van der Waals surface area contributed by atoms with Gasteiger partial charge in [0.2, 0.25) is 5.91 Å². The average molecular weight is 308 g/mol. The van der Waals surface area contributed by atoms with Gasteiger partial charge in [-0.2, -0.15) is 0 Å². The van der Waals surface area contributed by atoms with Crippen LogP contribution in [0.25, 0.3) is 0 Å². The monoisotopic (exact) mass is 308 g/mol. The Morgan fingerprint density at radius 1 is 1.09 bits per heavy atom. The van der Waals surface area contributed by atoms with E-state index in [4.69, 9.17) is 0 Å². The molecule has 2 N–H and O–H groups in total. The summed E-state index contributed by atoms with van der Waals surface area (Å²) in [6.07, 6.45) is 7.42. The molecule has 0 aromatic heterocycles. The highest BCUT2D eigenvalue weighted by atomic mass is 16.2. The lowest BCUT2D eigenvalue weighted by molar-refractivity contribution is -0.126. The van der Waals surface area contributed by atoms with Crippen LogP contribution in [0.4, 0.5) is 0 Å². The first-order valence-corrected chi connectivity index (χ1v) is 9.23. The Labute approximate surface area is 134 Å². The normalized spacial score (nSPS) is 30.3. The molecule has 1 aliphatic carbocycles. The van der Waals surface area contributed by atoms with E-state index < -0.39 is 0 Å². The van der Waals surface area contributed by atoms with Crippen LogP contribution in [0.2, 0.25) is 0 Å². The lowest BCUT2D eigenvalue weighted by Gasteiger charge is -2.33. The van der Waals surface area contributed by atoms with E-state index in [0.717, 1.165) is 39.3 Å². The SMILES string of the molecule is CC(C(=O)NC1CCCCC1)N1CCC(N2CCNCC2)C1. The summed E-state index contributed by atoms with van der Waals surface area (Å²) in [5, 5.41) is 6.70. The summed E-state index contributed by atoms with van der Waals surface area (Å²) < 4.78 is 0. The Morgan fingerprint density at radius 2 is 1.82 bits per heavy atom. The summed E-state index contributed by atoms with van der Waals surface area (Å²) in [4.78, 5) is 17.5. The van der Waals surface area contributed by atoms with Crippen LogP contribution >= 0.6 is 0 Å². The number of nitrogens with one attached hydrogen (secondary N) is 2. The molecule has 0 radical (unpaired) electrons. The van der Waals surface area contributed by atoms with Crippen molar-refractivity contribution in [1.29, 1.82) is 0 Å². The van der Waals surface area contributed by atoms with Crippen LogP contribution in [0.1, 0.15) is 45.4 Å². The van der Waals surface area contributed by atoms with Gasteiger partial charge < -0.3 is 10.6 Å². The molecule has 3 fully saturated rings. The Balaban J connectivity index is 1.45. The van der Waals surface area contributed by atoms with E-state index in [1.54, 1.807) is 0 Å². The lowest BCUT2D eigenvalue weighted by Crippen LogP contribution is -2.51. The number of piperazine rings is 1. The molecule has 0 bridgehead atoms. The van der Waals surface area contributed by atoms with Crippen molar-refractivity contribution in [2.24, 2.45) is 0 Å². The Morgan fingerprint density at radius 3 is 2.55 bits per heavy atom. The van der Waals surface area contributed by atoms with Crippen LogP contribution < -0.4 is 10.6 Å². The molecule has 0 spiro atoms. The summed E-state index contributed by atoms with van der Waals surface area (Å²) in [7, 11) is 0. The molecule has 2 unspecified atom stereocenters. The van der Waals surface area contributed by atoms with E-state index in [9.17, 15) is 4.79 Å². The third-order valence-electron chi connectivity index (χ3n) is 5.74. The number of amides is 1. The molecule has 22 heavy (non-hydrogen) atoms. The smallest absolute Gasteiger partial charge is 0.237 e. The fraction of sp³-hybridized carbons (Fsp3) is 0.941. The summed E-state index contributed by atoms with van der Waals surface area (Å²) in [6.45, 7) is 8.72. The van der Waals surface area contributed by atoms with Gasteiger partial charge in [-0.3, -0.25) is 14.6 Å². The van der Waals surface area contributed by atoms with E-state index in [2.05, 4.69) is 27.4 Å². The second-order valence-corrected chi connectivity index (χ2v) is 7.24. The number of carbonyl (C=O) groups is 1. The fourth-order valence-corrected chi connectivity index (χ4v) is 4.20. The Kier molecular flexibility index (Phi) is 5.71. The van der Waals surface area contributed by atoms with E-state index >= 15 is 0 Å². The molecule has 3 rings (SSSR count). The van der Waals surface area contributed by atoms with Crippen LogP contribution in [-0.4, -0.2) is 73.1 Å². The molecule has 126 valence electrons. The summed E-state index contributed by atoms with van der Waals surface area (Å²) in [5.41, 5.74) is 0. The molecule has 5 nitrogen and oxygen atoms in total. The zero-order valence-corrected chi connectivity index (χ0v) is 14.0. The number of carbonyl (C=O) groups excluding carboxylic acids is 1. The third-order valence-corrected chi connectivity index (χ3v) is 5.74. The molecule has 1 saturated carbocycles. The van der Waals surface area contributed by atoms with Gasteiger partial charge in [-0.1, -0.05) is 19.3 Å². The molecule has 2 heterocycles. The van der Waals surface area contributed by atoms with Crippen molar-refractivity contribution in [1.82, 2.24) is 20.4 Å². The molecule has 0 aromatic rings. The van der Waals surface area contributed by atoms with Crippen LogP contribution in [0, 0.1) is 0 Å². The maximum absolute atomic E-state index is 12.5. The number of hydrogen-bond donors (Lipinski definition) is 2. The van der Waals surface area contributed by atoms with E-state index in [1.807, 2.05) is 0 Å². The van der Waals surface area contributed by atoms with Crippen LogP contribution in [-0.2, 0) is 4.79 Å². The van der Waals surface area contributed by atoms with Crippen molar-refractivity contribution in [3.05, 3.63) is 0 Å². The van der Waals surface area contributed by atoms with E-state index in [-0.39, 0.29) is 11.9 Å². The molecule has 0 aromatic carbocycles. The van der Waals surface area contributed by atoms with Crippen LogP contribution in [0.5, 0.6) is 0 Å². The first kappa shape index (κ1) is 16.2. The van der Waals surface area contributed by atoms with Crippen LogP contribution in [0.15, 0.2) is 0 Å². The quantitative estimate of drug-likeness (QED) is 0.807. The molecule has 1 amide bonds. The first-order chi connectivity index (χ1) is 10.7. The number of rotatable bonds is 4. The van der Waals surface area contributed by atoms with Gasteiger partial charge in [-0.05, 0) is 26.2 Å². The molecule has 2 aliphatic heterocycles. The van der Waals surface area contributed by atoms with Crippen molar-refractivity contribution in [2.45, 2.75) is 63.6 Å². The highest BCUT2D eigenvalue weighted by molar-refractivity contribution is 5.81. The predicted octanol–water partition coefficient (Wildman–Crippen LogP) is 0.803. The van der Waals surface area contributed by atoms with Crippen molar-refractivity contribution in [3.8, 4) is 0 Å². The molecular formula is C17H32N4O. The highest BCUT2D eigenvalue weighted by Crippen LogP contribution is 2.20. The first-order valence-electron chi connectivity index (χ1n) is 9.23. The highest BCUT2D eigenvalue weighted by Gasteiger charge is 2.33. The predicted molar refractivity (Wildman–Crippen MR) is 88.9 cm³/mol. The standard InChI is InChI=1S/C17H32N4O/c1-14(17(22)19-15-5-3-2-4-6-15)21-10-7-16(13-21)20-11-8-18-9-12-20/h14-16,18H,2-13H2,1H3,(H,19,22). The van der Waals surface area contributed by atoms with Gasteiger partial charge in [0.05, 0.1) is 6.04 Å². The third kappa shape index (κ3) is 4.00. The molecule has 5 heteroatoms. The average Bonchev–Trinajstić information content (AvgIpc) is 3.06. The van der Waals surface area contributed by atoms with Crippen molar-refractivity contribution in [3.63, 3.8) is 0 Å². The minimum atomic E-state index is 0.0230. The van der Waals surface area contributed by atoms with Gasteiger partial charge >= 0.3 is 0 Å². The minimum Gasteiger partial charge on any atom is -0.352 e. The summed E-state index contributed by atoms with van der Waals surface area (Å²) >= 11 is 0. The zero-order valence-electron chi connectivity index (χ0n) is 14.0. The van der Waals surface area contributed by atoms with Crippen molar-refractivity contribution < 1.29 is 4.79 Å². The molecule has 2 atom stereocenters. The Bertz CT molecular complexity index is 364. The second-order valence-electron chi connectivity index (χ2n) is 7.24. The summed E-state index contributed by atoms with van der Waals surface area (Å²) in [6, 6.07) is 1.09. The summed E-state index contributed by atoms with van der Waals surface area (Å²) in [5.74, 6) is 0.243. The molecule has 3 aliphatic rings.